The molecular weight excluding hydrogens is 374 g/mol. The normalized spacial score (nSPS) is 12.1. The summed E-state index contributed by atoms with van der Waals surface area (Å²) in [5.74, 6) is -0.467. The van der Waals surface area contributed by atoms with Gasteiger partial charge in [0.05, 0.1) is 29.6 Å². The van der Waals surface area contributed by atoms with Crippen molar-refractivity contribution < 1.29 is 13.2 Å². The van der Waals surface area contributed by atoms with Crippen LogP contribution in [0.15, 0.2) is 48.5 Å². The SMILES string of the molecule is C[C@H](NC(=O)CN(c1cccc(C#N)c1)S(C)(=O)=O)c1cccc(Cl)c1. The zero-order valence-electron chi connectivity index (χ0n) is 14.3. The van der Waals surface area contributed by atoms with Crippen molar-refractivity contribution in [3.05, 3.63) is 64.7 Å². The molecule has 0 radical (unpaired) electrons. The van der Waals surface area contributed by atoms with E-state index < -0.39 is 22.5 Å². The Bertz CT molecular complexity index is 954. The van der Waals surface area contributed by atoms with E-state index in [9.17, 15) is 13.2 Å². The molecular formula is C18H18ClN3O3S. The van der Waals surface area contributed by atoms with Gasteiger partial charge in [0, 0.05) is 5.02 Å². The first-order valence-electron chi connectivity index (χ1n) is 7.73. The zero-order chi connectivity index (χ0) is 19.3. The molecule has 0 heterocycles. The average molecular weight is 392 g/mol. The molecule has 0 bridgehead atoms. The molecule has 1 N–H and O–H groups in total. The van der Waals surface area contributed by atoms with Gasteiger partial charge in [0.2, 0.25) is 15.9 Å². The van der Waals surface area contributed by atoms with Crippen LogP contribution >= 0.6 is 11.6 Å². The Morgan fingerprint density at radius 1 is 1.27 bits per heavy atom. The molecule has 2 rings (SSSR count). The molecule has 136 valence electrons. The topological polar surface area (TPSA) is 90.3 Å². The number of hydrogen-bond donors (Lipinski definition) is 1. The number of carbonyl (C=O) groups excluding carboxylic acids is 1. The largest absolute Gasteiger partial charge is 0.348 e. The number of hydrogen-bond acceptors (Lipinski definition) is 4. The summed E-state index contributed by atoms with van der Waals surface area (Å²) in [4.78, 5) is 12.4. The molecule has 0 aliphatic heterocycles. The molecule has 26 heavy (non-hydrogen) atoms. The smallest absolute Gasteiger partial charge is 0.241 e. The Balaban J connectivity index is 2.18. The van der Waals surface area contributed by atoms with Gasteiger partial charge in [0.25, 0.3) is 0 Å². The van der Waals surface area contributed by atoms with Gasteiger partial charge in [-0.05, 0) is 42.8 Å². The average Bonchev–Trinajstić information content (AvgIpc) is 2.58. The van der Waals surface area contributed by atoms with Crippen molar-refractivity contribution in [1.29, 1.82) is 5.26 Å². The summed E-state index contributed by atoms with van der Waals surface area (Å²) >= 11 is 5.95. The minimum absolute atomic E-state index is 0.261. The Morgan fingerprint density at radius 3 is 2.58 bits per heavy atom. The van der Waals surface area contributed by atoms with Crippen LogP contribution in [-0.4, -0.2) is 27.1 Å². The van der Waals surface area contributed by atoms with Gasteiger partial charge in [-0.2, -0.15) is 5.26 Å². The molecule has 2 aromatic carbocycles. The number of rotatable bonds is 6. The van der Waals surface area contributed by atoms with Crippen LogP contribution in [0.5, 0.6) is 0 Å². The van der Waals surface area contributed by atoms with Crippen molar-refractivity contribution in [2.75, 3.05) is 17.1 Å². The van der Waals surface area contributed by atoms with Gasteiger partial charge in [-0.25, -0.2) is 8.42 Å². The third-order valence-corrected chi connectivity index (χ3v) is 5.05. The highest BCUT2D eigenvalue weighted by Crippen LogP contribution is 2.20. The van der Waals surface area contributed by atoms with E-state index in [1.807, 2.05) is 12.1 Å². The zero-order valence-corrected chi connectivity index (χ0v) is 15.9. The van der Waals surface area contributed by atoms with Gasteiger partial charge in [-0.15, -0.1) is 0 Å². The fraction of sp³-hybridized carbons (Fsp3) is 0.222. The second kappa shape index (κ2) is 8.21. The summed E-state index contributed by atoms with van der Waals surface area (Å²) in [6.07, 6.45) is 1.01. The molecule has 0 aliphatic carbocycles. The Labute approximate surface area is 158 Å². The van der Waals surface area contributed by atoms with Gasteiger partial charge < -0.3 is 5.32 Å². The van der Waals surface area contributed by atoms with E-state index in [-0.39, 0.29) is 11.7 Å². The van der Waals surface area contributed by atoms with E-state index in [0.29, 0.717) is 10.6 Å². The van der Waals surface area contributed by atoms with Gasteiger partial charge in [0.15, 0.2) is 0 Å². The van der Waals surface area contributed by atoms with Crippen LogP contribution in [0, 0.1) is 11.3 Å². The van der Waals surface area contributed by atoms with Gasteiger partial charge in [-0.3, -0.25) is 9.10 Å². The van der Waals surface area contributed by atoms with Crippen molar-refractivity contribution >= 4 is 33.2 Å². The fourth-order valence-corrected chi connectivity index (χ4v) is 3.45. The van der Waals surface area contributed by atoms with E-state index in [4.69, 9.17) is 16.9 Å². The van der Waals surface area contributed by atoms with E-state index in [1.165, 1.54) is 12.1 Å². The standard InChI is InChI=1S/C18H18ClN3O3S/c1-13(15-6-4-7-16(19)10-15)21-18(23)12-22(26(2,24)25)17-8-3-5-14(9-17)11-20/h3-10,13H,12H2,1-2H3,(H,21,23)/t13-/m0/s1. The minimum Gasteiger partial charge on any atom is -0.348 e. The Hall–Kier alpha value is -2.56. The summed E-state index contributed by atoms with van der Waals surface area (Å²) in [7, 11) is -3.70. The molecule has 2 aromatic rings. The third-order valence-electron chi connectivity index (χ3n) is 3.68. The summed E-state index contributed by atoms with van der Waals surface area (Å²) in [6, 6.07) is 14.8. The maximum absolute atomic E-state index is 12.4. The molecule has 0 fully saturated rings. The van der Waals surface area contributed by atoms with Crippen molar-refractivity contribution in [2.24, 2.45) is 0 Å². The monoisotopic (exact) mass is 391 g/mol. The Morgan fingerprint density at radius 2 is 1.96 bits per heavy atom. The lowest BCUT2D eigenvalue weighted by Crippen LogP contribution is -2.41. The molecule has 0 saturated heterocycles. The van der Waals surface area contributed by atoms with Crippen molar-refractivity contribution in [1.82, 2.24) is 5.32 Å². The highest BCUT2D eigenvalue weighted by atomic mass is 35.5. The number of nitrogens with one attached hydrogen (secondary N) is 1. The maximum Gasteiger partial charge on any atom is 0.241 e. The summed E-state index contributed by atoms with van der Waals surface area (Å²) in [5.41, 5.74) is 1.38. The van der Waals surface area contributed by atoms with E-state index >= 15 is 0 Å². The van der Waals surface area contributed by atoms with E-state index in [2.05, 4.69) is 5.32 Å². The van der Waals surface area contributed by atoms with Crippen molar-refractivity contribution in [3.8, 4) is 6.07 Å². The highest BCUT2D eigenvalue weighted by Gasteiger charge is 2.22. The molecule has 1 atom stereocenters. The summed E-state index contributed by atoms with van der Waals surface area (Å²) < 4.78 is 25.2. The van der Waals surface area contributed by atoms with E-state index in [1.54, 1.807) is 37.3 Å². The molecule has 0 aliphatic rings. The van der Waals surface area contributed by atoms with Crippen LogP contribution in [-0.2, 0) is 14.8 Å². The van der Waals surface area contributed by atoms with Gasteiger partial charge in [-0.1, -0.05) is 29.8 Å². The molecule has 0 aromatic heterocycles. The van der Waals surface area contributed by atoms with Crippen LogP contribution in [0.2, 0.25) is 5.02 Å². The number of carbonyl (C=O) groups is 1. The lowest BCUT2D eigenvalue weighted by Gasteiger charge is -2.23. The van der Waals surface area contributed by atoms with Crippen molar-refractivity contribution in [3.63, 3.8) is 0 Å². The van der Waals surface area contributed by atoms with Crippen LogP contribution in [0.1, 0.15) is 24.1 Å². The molecule has 0 saturated carbocycles. The lowest BCUT2D eigenvalue weighted by molar-refractivity contribution is -0.120. The maximum atomic E-state index is 12.4. The first kappa shape index (κ1) is 19.8. The predicted molar refractivity (Wildman–Crippen MR) is 101 cm³/mol. The van der Waals surface area contributed by atoms with Crippen molar-refractivity contribution in [2.45, 2.75) is 13.0 Å². The number of sulfonamides is 1. The van der Waals surface area contributed by atoms with Crippen LogP contribution in [0.4, 0.5) is 5.69 Å². The molecule has 8 heteroatoms. The fourth-order valence-electron chi connectivity index (χ4n) is 2.41. The number of amides is 1. The summed E-state index contributed by atoms with van der Waals surface area (Å²) in [6.45, 7) is 1.39. The Kier molecular flexibility index (Phi) is 6.24. The van der Waals surface area contributed by atoms with Crippen LogP contribution in [0.25, 0.3) is 0 Å². The lowest BCUT2D eigenvalue weighted by atomic mass is 10.1. The second-order valence-electron chi connectivity index (χ2n) is 5.78. The first-order chi connectivity index (χ1) is 12.2. The minimum atomic E-state index is -3.70. The van der Waals surface area contributed by atoms with Gasteiger partial charge >= 0.3 is 0 Å². The first-order valence-corrected chi connectivity index (χ1v) is 9.96. The quantitative estimate of drug-likeness (QED) is 0.819. The van der Waals surface area contributed by atoms with Gasteiger partial charge in [0.1, 0.15) is 6.54 Å². The molecule has 6 nitrogen and oxygen atoms in total. The molecule has 0 unspecified atom stereocenters. The summed E-state index contributed by atoms with van der Waals surface area (Å²) in [5, 5.41) is 12.3. The molecule has 0 spiro atoms. The number of nitriles is 1. The number of halogens is 1. The number of benzene rings is 2. The second-order valence-corrected chi connectivity index (χ2v) is 8.12. The van der Waals surface area contributed by atoms with Crippen LogP contribution < -0.4 is 9.62 Å². The third kappa shape index (κ3) is 5.22. The number of nitrogens with zero attached hydrogens (tertiary/aromatic N) is 2. The molecule has 1 amide bonds. The highest BCUT2D eigenvalue weighted by molar-refractivity contribution is 7.92. The van der Waals surface area contributed by atoms with E-state index in [0.717, 1.165) is 16.1 Å². The number of anilines is 1. The van der Waals surface area contributed by atoms with Crippen LogP contribution in [0.3, 0.4) is 0 Å². The predicted octanol–water partition coefficient (Wildman–Crippen LogP) is 2.86.